The number of amides is 1. The first-order valence-corrected chi connectivity index (χ1v) is 8.78. The molecule has 0 radical (unpaired) electrons. The number of rotatable bonds is 3. The zero-order valence-electron chi connectivity index (χ0n) is 11.3. The van der Waals surface area contributed by atoms with Crippen LogP contribution in [0.1, 0.15) is 29.6 Å². The van der Waals surface area contributed by atoms with E-state index in [1.807, 2.05) is 12.1 Å². The quantitative estimate of drug-likeness (QED) is 0.732. The van der Waals surface area contributed by atoms with E-state index in [1.165, 1.54) is 6.42 Å². The molecule has 21 heavy (non-hydrogen) atoms. The van der Waals surface area contributed by atoms with Gasteiger partial charge in [0.25, 0.3) is 9.70 Å². The molecule has 0 aliphatic carbocycles. The lowest BCUT2D eigenvalue weighted by atomic mass is 10.1. The fourth-order valence-electron chi connectivity index (χ4n) is 2.53. The van der Waals surface area contributed by atoms with Gasteiger partial charge in [0.1, 0.15) is 0 Å². The minimum Gasteiger partial charge on any atom is -0.312 e. The van der Waals surface area contributed by atoms with Gasteiger partial charge in [-0.15, -0.1) is 0 Å². The average Bonchev–Trinajstić information content (AvgIpc) is 2.45. The van der Waals surface area contributed by atoms with Crippen LogP contribution in [0.3, 0.4) is 0 Å². The third kappa shape index (κ3) is 5.00. The molecule has 1 aromatic rings. The fourth-order valence-corrected chi connectivity index (χ4v) is 3.42. The van der Waals surface area contributed by atoms with Crippen molar-refractivity contribution in [3.8, 4) is 0 Å². The summed E-state index contributed by atoms with van der Waals surface area (Å²) in [5.74, 6) is -0.225. The van der Waals surface area contributed by atoms with E-state index in [9.17, 15) is 4.79 Å². The first-order chi connectivity index (χ1) is 9.88. The summed E-state index contributed by atoms with van der Waals surface area (Å²) in [6.45, 7) is 1.80. The Balaban J connectivity index is 2.10. The number of nitrogens with one attached hydrogen (secondary N) is 2. The Hall–Kier alpha value is -0.000000000000000167. The number of carbonyl (C=O) groups excluding carboxylic acids is 1. The van der Waals surface area contributed by atoms with Crippen LogP contribution in [-0.4, -0.2) is 29.0 Å². The van der Waals surface area contributed by atoms with Crippen molar-refractivity contribution in [1.29, 1.82) is 0 Å². The highest BCUT2D eigenvalue weighted by Crippen LogP contribution is 2.28. The second-order valence-electron chi connectivity index (χ2n) is 5.17. The smallest absolute Gasteiger partial charge is 0.262 e. The summed E-state index contributed by atoms with van der Waals surface area (Å²) in [6, 6.07) is 7.10. The van der Waals surface area contributed by atoms with Crippen LogP contribution in [-0.2, 0) is 0 Å². The van der Waals surface area contributed by atoms with Crippen molar-refractivity contribution in [1.82, 2.24) is 5.32 Å². The van der Waals surface area contributed by atoms with Gasteiger partial charge in [0, 0.05) is 10.0 Å². The third-order valence-corrected chi connectivity index (χ3v) is 4.80. The van der Waals surface area contributed by atoms with Gasteiger partial charge < -0.3 is 4.90 Å². The summed E-state index contributed by atoms with van der Waals surface area (Å²) >= 11 is 21.6. The van der Waals surface area contributed by atoms with Crippen molar-refractivity contribution in [2.75, 3.05) is 13.1 Å². The largest absolute Gasteiger partial charge is 0.312 e. The number of carbonyl (C=O) groups is 1. The van der Waals surface area contributed by atoms with Gasteiger partial charge in [-0.2, -0.15) is 0 Å². The maximum atomic E-state index is 12.3. The van der Waals surface area contributed by atoms with Gasteiger partial charge >= 0.3 is 0 Å². The number of piperidine rings is 1. The molecule has 1 aliphatic rings. The van der Waals surface area contributed by atoms with Crippen LogP contribution in [0.5, 0.6) is 0 Å². The zero-order valence-corrected chi connectivity index (χ0v) is 15.2. The first kappa shape index (κ1) is 17.4. The molecule has 0 saturated carbocycles. The standard InChI is InChI=1S/C14H16BrCl3N2O/c15-11-6-4-10(5-7-11)12(21)19-13(14(16,17)18)20-8-2-1-3-9-20/h4-7,13H,1-3,8-9H2,(H,19,21)/p+1/t13-/m1/s1. The second kappa shape index (κ2) is 7.51. The van der Waals surface area contributed by atoms with Gasteiger partial charge in [-0.1, -0.05) is 50.7 Å². The van der Waals surface area contributed by atoms with Crippen LogP contribution >= 0.6 is 50.7 Å². The van der Waals surface area contributed by atoms with Crippen molar-refractivity contribution in [3.63, 3.8) is 0 Å². The van der Waals surface area contributed by atoms with Crippen LogP contribution in [0.15, 0.2) is 28.7 Å². The Morgan fingerprint density at radius 3 is 2.24 bits per heavy atom. The lowest BCUT2D eigenvalue weighted by Gasteiger charge is -2.35. The van der Waals surface area contributed by atoms with Crippen molar-refractivity contribution in [3.05, 3.63) is 34.3 Å². The predicted molar refractivity (Wildman–Crippen MR) is 90.2 cm³/mol. The van der Waals surface area contributed by atoms with E-state index >= 15 is 0 Å². The molecule has 1 atom stereocenters. The van der Waals surface area contributed by atoms with Gasteiger partial charge in [-0.25, -0.2) is 0 Å². The molecule has 3 nitrogen and oxygen atoms in total. The van der Waals surface area contributed by atoms with E-state index in [1.54, 1.807) is 12.1 Å². The molecular weight excluding hydrogens is 398 g/mol. The number of hydrogen-bond acceptors (Lipinski definition) is 1. The first-order valence-electron chi connectivity index (χ1n) is 6.85. The molecule has 7 heteroatoms. The van der Waals surface area contributed by atoms with Gasteiger partial charge in [0.05, 0.1) is 13.1 Å². The molecular formula is C14H17BrCl3N2O+. The SMILES string of the molecule is O=C(N[C@H]([NH+]1CCCCC1)C(Cl)(Cl)Cl)c1ccc(Br)cc1. The summed E-state index contributed by atoms with van der Waals surface area (Å²) in [5, 5.41) is 2.88. The highest BCUT2D eigenvalue weighted by molar-refractivity contribution is 9.10. The molecule has 0 bridgehead atoms. The van der Waals surface area contributed by atoms with Crippen molar-refractivity contribution in [2.45, 2.75) is 29.2 Å². The summed E-state index contributed by atoms with van der Waals surface area (Å²) in [6.07, 6.45) is 2.82. The Morgan fingerprint density at radius 2 is 1.71 bits per heavy atom. The number of alkyl halides is 3. The predicted octanol–water partition coefficient (Wildman–Crippen LogP) is 2.94. The van der Waals surface area contributed by atoms with Crippen LogP contribution in [0, 0.1) is 0 Å². The van der Waals surface area contributed by atoms with Gasteiger partial charge in [-0.05, 0) is 43.5 Å². The monoisotopic (exact) mass is 413 g/mol. The molecule has 116 valence electrons. The second-order valence-corrected chi connectivity index (χ2v) is 8.46. The van der Waals surface area contributed by atoms with Gasteiger partial charge in [0.15, 0.2) is 0 Å². The molecule has 1 amide bonds. The van der Waals surface area contributed by atoms with E-state index in [4.69, 9.17) is 34.8 Å². The van der Waals surface area contributed by atoms with Crippen LogP contribution in [0.25, 0.3) is 0 Å². The molecule has 1 aromatic carbocycles. The number of hydrogen-bond donors (Lipinski definition) is 2. The van der Waals surface area contributed by atoms with Crippen LogP contribution in [0.4, 0.5) is 0 Å². The van der Waals surface area contributed by atoms with Crippen molar-refractivity contribution < 1.29 is 9.69 Å². The summed E-state index contributed by atoms with van der Waals surface area (Å²) < 4.78 is -0.615. The maximum absolute atomic E-state index is 12.3. The Bertz CT molecular complexity index is 484. The molecule has 0 spiro atoms. The average molecular weight is 416 g/mol. The Labute approximate surface area is 148 Å². The summed E-state index contributed by atoms with van der Waals surface area (Å²) in [5.41, 5.74) is 0.550. The highest BCUT2D eigenvalue weighted by atomic mass is 79.9. The normalized spacial score (nSPS) is 18.3. The minimum atomic E-state index is -1.53. The molecule has 1 saturated heterocycles. The third-order valence-electron chi connectivity index (χ3n) is 3.61. The molecule has 1 fully saturated rings. The van der Waals surface area contributed by atoms with Crippen LogP contribution < -0.4 is 10.2 Å². The van der Waals surface area contributed by atoms with Gasteiger partial charge in [-0.3, -0.25) is 10.1 Å². The highest BCUT2D eigenvalue weighted by Gasteiger charge is 2.42. The van der Waals surface area contributed by atoms with Crippen molar-refractivity contribution in [2.24, 2.45) is 0 Å². The number of quaternary nitrogens is 1. The molecule has 2 rings (SSSR count). The molecule has 1 heterocycles. The van der Waals surface area contributed by atoms with E-state index in [0.717, 1.165) is 35.3 Å². The van der Waals surface area contributed by atoms with E-state index in [2.05, 4.69) is 21.2 Å². The number of benzene rings is 1. The number of likely N-dealkylation sites (tertiary alicyclic amines) is 1. The maximum Gasteiger partial charge on any atom is 0.262 e. The lowest BCUT2D eigenvalue weighted by molar-refractivity contribution is -0.931. The summed E-state index contributed by atoms with van der Waals surface area (Å²) in [7, 11) is 0. The molecule has 0 unspecified atom stereocenters. The fraction of sp³-hybridized carbons (Fsp3) is 0.500. The number of halogens is 4. The van der Waals surface area contributed by atoms with E-state index in [0.29, 0.717) is 5.56 Å². The minimum absolute atomic E-state index is 0.225. The zero-order chi connectivity index (χ0) is 15.5. The summed E-state index contributed by atoms with van der Waals surface area (Å²) in [4.78, 5) is 13.5. The molecule has 0 aromatic heterocycles. The molecule has 2 N–H and O–H groups in total. The molecule has 1 aliphatic heterocycles. The Morgan fingerprint density at radius 1 is 1.14 bits per heavy atom. The topological polar surface area (TPSA) is 33.5 Å². The van der Waals surface area contributed by atoms with E-state index in [-0.39, 0.29) is 5.91 Å². The van der Waals surface area contributed by atoms with E-state index < -0.39 is 9.96 Å². The van der Waals surface area contributed by atoms with Crippen molar-refractivity contribution >= 4 is 56.6 Å². The van der Waals surface area contributed by atoms with Crippen LogP contribution in [0.2, 0.25) is 0 Å². The lowest BCUT2D eigenvalue weighted by Crippen LogP contribution is -3.20. The Kier molecular flexibility index (Phi) is 6.21. The van der Waals surface area contributed by atoms with Gasteiger partial charge in [0.2, 0.25) is 6.17 Å².